The van der Waals surface area contributed by atoms with Crippen molar-refractivity contribution < 1.29 is 4.74 Å². The van der Waals surface area contributed by atoms with Gasteiger partial charge in [-0.15, -0.1) is 11.3 Å². The number of nitrogens with one attached hydrogen (secondary N) is 1. The van der Waals surface area contributed by atoms with E-state index in [1.807, 2.05) is 6.92 Å². The maximum atomic E-state index is 5.04. The van der Waals surface area contributed by atoms with Gasteiger partial charge in [0.25, 0.3) is 0 Å². The molecule has 0 aliphatic carbocycles. The number of anilines is 1. The smallest absolute Gasteiger partial charge is 0.203 e. The molecule has 0 spiro atoms. The zero-order valence-electron chi connectivity index (χ0n) is 11.1. The molecule has 0 aliphatic rings. The summed E-state index contributed by atoms with van der Waals surface area (Å²) in [5.41, 5.74) is 1.03. The standard InChI is InChI=1S/C13H18BrN3OS/c1-10-8-17(9-12-11(14)4-7-19-12)13(16-10)15-5-3-6-18-2/h4,7-8H,3,5-6,9H2,1-2H3,(H,15,16). The predicted molar refractivity (Wildman–Crippen MR) is 83.1 cm³/mol. The number of imidazole rings is 1. The quantitative estimate of drug-likeness (QED) is 0.782. The molecule has 1 N–H and O–H groups in total. The van der Waals surface area contributed by atoms with Crippen LogP contribution in [0, 0.1) is 6.92 Å². The molecule has 19 heavy (non-hydrogen) atoms. The van der Waals surface area contributed by atoms with Crippen LogP contribution >= 0.6 is 27.3 Å². The number of aryl methyl sites for hydroxylation is 1. The summed E-state index contributed by atoms with van der Waals surface area (Å²) in [7, 11) is 1.72. The van der Waals surface area contributed by atoms with Crippen molar-refractivity contribution in [1.29, 1.82) is 0 Å². The van der Waals surface area contributed by atoms with Gasteiger partial charge in [0.2, 0.25) is 5.95 Å². The van der Waals surface area contributed by atoms with Crippen LogP contribution in [0.15, 0.2) is 22.1 Å². The van der Waals surface area contributed by atoms with Gasteiger partial charge >= 0.3 is 0 Å². The minimum atomic E-state index is 0.767. The van der Waals surface area contributed by atoms with Gasteiger partial charge in [0, 0.05) is 35.8 Å². The molecule has 6 heteroatoms. The van der Waals surface area contributed by atoms with Gasteiger partial charge in [-0.1, -0.05) is 0 Å². The number of rotatable bonds is 7. The van der Waals surface area contributed by atoms with E-state index < -0.39 is 0 Å². The van der Waals surface area contributed by atoms with E-state index in [9.17, 15) is 0 Å². The summed E-state index contributed by atoms with van der Waals surface area (Å²) in [6, 6.07) is 2.08. The molecule has 0 amide bonds. The lowest BCUT2D eigenvalue weighted by atomic mass is 10.4. The number of ether oxygens (including phenoxy) is 1. The molecule has 0 fully saturated rings. The Balaban J connectivity index is 2.01. The molecular weight excluding hydrogens is 326 g/mol. The molecule has 0 aliphatic heterocycles. The van der Waals surface area contributed by atoms with Crippen molar-refractivity contribution in [3.05, 3.63) is 32.7 Å². The second-order valence-electron chi connectivity index (χ2n) is 4.30. The van der Waals surface area contributed by atoms with Crippen LogP contribution in [0.2, 0.25) is 0 Å². The highest BCUT2D eigenvalue weighted by Crippen LogP contribution is 2.24. The molecule has 0 saturated carbocycles. The third-order valence-electron chi connectivity index (χ3n) is 2.71. The highest BCUT2D eigenvalue weighted by Gasteiger charge is 2.08. The highest BCUT2D eigenvalue weighted by molar-refractivity contribution is 9.10. The van der Waals surface area contributed by atoms with E-state index in [1.165, 1.54) is 4.88 Å². The van der Waals surface area contributed by atoms with E-state index in [1.54, 1.807) is 18.4 Å². The fourth-order valence-corrected chi connectivity index (χ4v) is 3.29. The zero-order chi connectivity index (χ0) is 13.7. The fourth-order valence-electron chi connectivity index (χ4n) is 1.82. The maximum Gasteiger partial charge on any atom is 0.203 e. The van der Waals surface area contributed by atoms with Gasteiger partial charge in [0.1, 0.15) is 0 Å². The van der Waals surface area contributed by atoms with Gasteiger partial charge in [0.05, 0.1) is 12.2 Å². The van der Waals surface area contributed by atoms with Crippen LogP contribution in [0.25, 0.3) is 0 Å². The number of aromatic nitrogens is 2. The minimum Gasteiger partial charge on any atom is -0.385 e. The van der Waals surface area contributed by atoms with Gasteiger partial charge in [-0.05, 0) is 40.7 Å². The number of methoxy groups -OCH3 is 1. The van der Waals surface area contributed by atoms with Crippen molar-refractivity contribution in [1.82, 2.24) is 9.55 Å². The normalized spacial score (nSPS) is 10.9. The van der Waals surface area contributed by atoms with E-state index >= 15 is 0 Å². The molecule has 0 radical (unpaired) electrons. The summed E-state index contributed by atoms with van der Waals surface area (Å²) in [6.45, 7) is 4.49. The van der Waals surface area contributed by atoms with E-state index in [2.05, 4.69) is 48.4 Å². The van der Waals surface area contributed by atoms with Crippen LogP contribution in [-0.2, 0) is 11.3 Å². The Morgan fingerprint density at radius 1 is 1.53 bits per heavy atom. The molecule has 2 aromatic heterocycles. The van der Waals surface area contributed by atoms with E-state index in [0.717, 1.165) is 42.2 Å². The fraction of sp³-hybridized carbons (Fsp3) is 0.462. The average molecular weight is 344 g/mol. The molecule has 2 aromatic rings. The number of hydrogen-bond donors (Lipinski definition) is 1. The minimum absolute atomic E-state index is 0.767. The monoisotopic (exact) mass is 343 g/mol. The summed E-state index contributed by atoms with van der Waals surface area (Å²) in [6.07, 6.45) is 3.05. The second kappa shape index (κ2) is 7.07. The van der Waals surface area contributed by atoms with Crippen LogP contribution in [0.4, 0.5) is 5.95 Å². The molecule has 4 nitrogen and oxygen atoms in total. The predicted octanol–water partition coefficient (Wildman–Crippen LogP) is 3.51. The largest absolute Gasteiger partial charge is 0.385 e. The Labute approximate surface area is 125 Å². The number of nitrogens with zero attached hydrogens (tertiary/aromatic N) is 2. The first-order valence-electron chi connectivity index (χ1n) is 6.19. The lowest BCUT2D eigenvalue weighted by molar-refractivity contribution is 0.197. The van der Waals surface area contributed by atoms with E-state index in [4.69, 9.17) is 4.74 Å². The van der Waals surface area contributed by atoms with Gasteiger partial charge in [-0.2, -0.15) is 0 Å². The maximum absolute atomic E-state index is 5.04. The van der Waals surface area contributed by atoms with Crippen molar-refractivity contribution >= 4 is 33.2 Å². The van der Waals surface area contributed by atoms with Crippen molar-refractivity contribution in [2.24, 2.45) is 0 Å². The summed E-state index contributed by atoms with van der Waals surface area (Å²) in [5.74, 6) is 0.925. The molecule has 0 unspecified atom stereocenters. The Morgan fingerprint density at radius 2 is 2.37 bits per heavy atom. The average Bonchev–Trinajstić information content (AvgIpc) is 2.93. The molecule has 0 atom stereocenters. The topological polar surface area (TPSA) is 39.1 Å². The van der Waals surface area contributed by atoms with Crippen LogP contribution in [0.3, 0.4) is 0 Å². The molecule has 0 bridgehead atoms. The zero-order valence-corrected chi connectivity index (χ0v) is 13.6. The Hall–Kier alpha value is -0.850. The van der Waals surface area contributed by atoms with Crippen molar-refractivity contribution in [3.63, 3.8) is 0 Å². The number of halogens is 1. The van der Waals surface area contributed by atoms with Crippen LogP contribution in [0.5, 0.6) is 0 Å². The number of thiophene rings is 1. The van der Waals surface area contributed by atoms with Gasteiger partial charge in [-0.25, -0.2) is 4.98 Å². The lowest BCUT2D eigenvalue weighted by Crippen LogP contribution is -2.10. The first kappa shape index (κ1) is 14.6. The molecule has 104 valence electrons. The molecular formula is C13H18BrN3OS. The molecule has 0 saturated heterocycles. The second-order valence-corrected chi connectivity index (χ2v) is 6.15. The van der Waals surface area contributed by atoms with Crippen molar-refractivity contribution in [2.45, 2.75) is 19.9 Å². The summed E-state index contributed by atoms with van der Waals surface area (Å²) >= 11 is 5.32. The van der Waals surface area contributed by atoms with Crippen LogP contribution in [-0.4, -0.2) is 29.8 Å². The number of hydrogen-bond acceptors (Lipinski definition) is 4. The third-order valence-corrected chi connectivity index (χ3v) is 4.62. The van der Waals surface area contributed by atoms with Gasteiger partial charge in [-0.3, -0.25) is 0 Å². The molecule has 2 heterocycles. The first-order chi connectivity index (χ1) is 9.20. The van der Waals surface area contributed by atoms with Gasteiger partial charge < -0.3 is 14.6 Å². The Morgan fingerprint density at radius 3 is 3.05 bits per heavy atom. The molecule has 0 aromatic carbocycles. The first-order valence-corrected chi connectivity index (χ1v) is 7.86. The Kier molecular flexibility index (Phi) is 5.42. The SMILES string of the molecule is COCCCNc1nc(C)cn1Cc1sccc1Br. The highest BCUT2D eigenvalue weighted by atomic mass is 79.9. The van der Waals surface area contributed by atoms with Crippen LogP contribution in [0.1, 0.15) is 17.0 Å². The van der Waals surface area contributed by atoms with Crippen LogP contribution < -0.4 is 5.32 Å². The van der Waals surface area contributed by atoms with E-state index in [0.29, 0.717) is 0 Å². The summed E-state index contributed by atoms with van der Waals surface area (Å²) < 4.78 is 8.36. The summed E-state index contributed by atoms with van der Waals surface area (Å²) in [4.78, 5) is 5.82. The third kappa shape index (κ3) is 4.06. The Bertz CT molecular complexity index is 524. The lowest BCUT2D eigenvalue weighted by Gasteiger charge is -2.09. The van der Waals surface area contributed by atoms with E-state index in [-0.39, 0.29) is 0 Å². The van der Waals surface area contributed by atoms with Crippen molar-refractivity contribution in [2.75, 3.05) is 25.6 Å². The summed E-state index contributed by atoms with van der Waals surface area (Å²) in [5, 5.41) is 5.45. The molecule has 2 rings (SSSR count). The van der Waals surface area contributed by atoms with Crippen molar-refractivity contribution in [3.8, 4) is 0 Å². The van der Waals surface area contributed by atoms with Gasteiger partial charge in [0.15, 0.2) is 0 Å².